The number of nitrogens with one attached hydrogen (secondary N) is 1. The fourth-order valence-corrected chi connectivity index (χ4v) is 1.19. The molecule has 4 nitrogen and oxygen atoms in total. The number of carbonyl (C=O) groups is 1. The second-order valence-electron chi connectivity index (χ2n) is 3.43. The Kier molecular flexibility index (Phi) is 4.12. The highest BCUT2D eigenvalue weighted by Gasteiger charge is 2.13. The number of benzene rings is 1. The van der Waals surface area contributed by atoms with Crippen molar-refractivity contribution in [3.63, 3.8) is 0 Å². The first kappa shape index (κ1) is 11.5. The molecule has 82 valence electrons. The summed E-state index contributed by atoms with van der Waals surface area (Å²) in [6.45, 7) is 2.20. The van der Waals surface area contributed by atoms with E-state index >= 15 is 0 Å². The molecule has 0 aliphatic rings. The molecule has 0 radical (unpaired) electrons. The first-order chi connectivity index (χ1) is 7.15. The van der Waals surface area contributed by atoms with E-state index < -0.39 is 0 Å². The summed E-state index contributed by atoms with van der Waals surface area (Å²) in [5.41, 5.74) is 6.91. The zero-order valence-electron chi connectivity index (χ0n) is 8.99. The van der Waals surface area contributed by atoms with Gasteiger partial charge in [0.05, 0.1) is 23.9 Å². The van der Waals surface area contributed by atoms with Gasteiger partial charge in [-0.2, -0.15) is 0 Å². The van der Waals surface area contributed by atoms with Crippen molar-refractivity contribution in [3.05, 3.63) is 24.3 Å². The van der Waals surface area contributed by atoms with E-state index in [0.717, 1.165) is 0 Å². The Bertz CT molecular complexity index is 339. The van der Waals surface area contributed by atoms with Gasteiger partial charge < -0.3 is 15.8 Å². The number of hydrogen-bond acceptors (Lipinski definition) is 3. The maximum atomic E-state index is 11.6. The van der Waals surface area contributed by atoms with Gasteiger partial charge in [-0.1, -0.05) is 19.1 Å². The lowest BCUT2D eigenvalue weighted by Gasteiger charge is -2.12. The minimum Gasteiger partial charge on any atom is -0.397 e. The van der Waals surface area contributed by atoms with Gasteiger partial charge in [0.25, 0.3) is 0 Å². The molecule has 1 amide bonds. The molecule has 0 saturated heterocycles. The minimum absolute atomic E-state index is 0.0882. The number of nitrogen functional groups attached to an aromatic ring is 1. The lowest BCUT2D eigenvalue weighted by molar-refractivity contribution is -0.120. The largest absolute Gasteiger partial charge is 0.397 e. The van der Waals surface area contributed by atoms with Crippen LogP contribution in [0.2, 0.25) is 0 Å². The van der Waals surface area contributed by atoms with Crippen LogP contribution >= 0.6 is 0 Å². The van der Waals surface area contributed by atoms with Gasteiger partial charge in [-0.05, 0) is 12.1 Å². The topological polar surface area (TPSA) is 64.3 Å². The Hall–Kier alpha value is -1.55. The normalized spacial score (nSPS) is 12.1. The van der Waals surface area contributed by atoms with Gasteiger partial charge in [0, 0.05) is 7.11 Å². The molecule has 0 bridgehead atoms. The first-order valence-electron chi connectivity index (χ1n) is 4.79. The Balaban J connectivity index is 2.62. The summed E-state index contributed by atoms with van der Waals surface area (Å²) in [5, 5.41) is 2.75. The van der Waals surface area contributed by atoms with Crippen molar-refractivity contribution in [3.8, 4) is 0 Å². The van der Waals surface area contributed by atoms with Crippen LogP contribution in [0.1, 0.15) is 6.92 Å². The molecule has 15 heavy (non-hydrogen) atoms. The highest BCUT2D eigenvalue weighted by Crippen LogP contribution is 2.17. The maximum Gasteiger partial charge on any atom is 0.229 e. The second kappa shape index (κ2) is 5.36. The number of ether oxygens (including phenoxy) is 1. The summed E-state index contributed by atoms with van der Waals surface area (Å²) in [4.78, 5) is 11.6. The summed E-state index contributed by atoms with van der Waals surface area (Å²) in [7, 11) is 1.57. The van der Waals surface area contributed by atoms with Gasteiger partial charge in [0.15, 0.2) is 0 Å². The fraction of sp³-hybridized carbons (Fsp3) is 0.364. The molecule has 0 saturated carbocycles. The molecule has 1 unspecified atom stereocenters. The molecule has 1 aromatic carbocycles. The van der Waals surface area contributed by atoms with Crippen molar-refractivity contribution in [2.45, 2.75) is 6.92 Å². The number of anilines is 2. The van der Waals surface area contributed by atoms with E-state index in [0.29, 0.717) is 18.0 Å². The van der Waals surface area contributed by atoms with Gasteiger partial charge >= 0.3 is 0 Å². The zero-order chi connectivity index (χ0) is 11.3. The Morgan fingerprint density at radius 3 is 2.80 bits per heavy atom. The SMILES string of the molecule is COCC(C)C(=O)Nc1ccccc1N. The predicted molar refractivity (Wildman–Crippen MR) is 60.5 cm³/mol. The van der Waals surface area contributed by atoms with E-state index in [1.807, 2.05) is 12.1 Å². The van der Waals surface area contributed by atoms with E-state index in [1.165, 1.54) is 0 Å². The van der Waals surface area contributed by atoms with Crippen LogP contribution < -0.4 is 11.1 Å². The lowest BCUT2D eigenvalue weighted by atomic mass is 10.1. The van der Waals surface area contributed by atoms with Crippen molar-refractivity contribution in [1.29, 1.82) is 0 Å². The smallest absolute Gasteiger partial charge is 0.229 e. The number of para-hydroxylation sites is 2. The van der Waals surface area contributed by atoms with Gasteiger partial charge in [-0.3, -0.25) is 4.79 Å². The van der Waals surface area contributed by atoms with Crippen molar-refractivity contribution in [2.24, 2.45) is 5.92 Å². The van der Waals surface area contributed by atoms with Crippen molar-refractivity contribution in [1.82, 2.24) is 0 Å². The van der Waals surface area contributed by atoms with E-state index in [2.05, 4.69) is 5.32 Å². The molecule has 3 N–H and O–H groups in total. The van der Waals surface area contributed by atoms with Gasteiger partial charge in [0.1, 0.15) is 0 Å². The third kappa shape index (κ3) is 3.25. The van der Waals surface area contributed by atoms with Crippen LogP contribution in [0.4, 0.5) is 11.4 Å². The van der Waals surface area contributed by atoms with E-state index in [-0.39, 0.29) is 11.8 Å². The molecule has 0 fully saturated rings. The molecular weight excluding hydrogens is 192 g/mol. The molecule has 1 atom stereocenters. The third-order valence-corrected chi connectivity index (χ3v) is 2.08. The summed E-state index contributed by atoms with van der Waals surface area (Å²) < 4.78 is 4.90. The standard InChI is InChI=1S/C11H16N2O2/c1-8(7-15-2)11(14)13-10-6-4-3-5-9(10)12/h3-6,8H,7,12H2,1-2H3,(H,13,14). The molecule has 4 heteroatoms. The van der Waals surface area contributed by atoms with Crippen LogP contribution in [-0.4, -0.2) is 19.6 Å². The van der Waals surface area contributed by atoms with Crippen LogP contribution in [0, 0.1) is 5.92 Å². The highest BCUT2D eigenvalue weighted by molar-refractivity contribution is 5.95. The van der Waals surface area contributed by atoms with E-state index in [1.54, 1.807) is 26.2 Å². The molecular formula is C11H16N2O2. The van der Waals surface area contributed by atoms with Gasteiger partial charge in [0.2, 0.25) is 5.91 Å². The third-order valence-electron chi connectivity index (χ3n) is 2.08. The average molecular weight is 208 g/mol. The van der Waals surface area contributed by atoms with E-state index in [9.17, 15) is 4.79 Å². The molecule has 1 aromatic rings. The number of amides is 1. The van der Waals surface area contributed by atoms with Crippen LogP contribution in [-0.2, 0) is 9.53 Å². The molecule has 0 aromatic heterocycles. The van der Waals surface area contributed by atoms with Crippen LogP contribution in [0.5, 0.6) is 0 Å². The monoisotopic (exact) mass is 208 g/mol. The predicted octanol–water partition coefficient (Wildman–Crippen LogP) is 1.49. The Morgan fingerprint density at radius 2 is 2.20 bits per heavy atom. The van der Waals surface area contributed by atoms with Gasteiger partial charge in [-0.15, -0.1) is 0 Å². The summed E-state index contributed by atoms with van der Waals surface area (Å²) in [5.74, 6) is -0.274. The number of hydrogen-bond donors (Lipinski definition) is 2. The first-order valence-corrected chi connectivity index (χ1v) is 4.79. The van der Waals surface area contributed by atoms with Crippen LogP contribution in [0.25, 0.3) is 0 Å². The van der Waals surface area contributed by atoms with Crippen molar-refractivity contribution in [2.75, 3.05) is 24.8 Å². The summed E-state index contributed by atoms with van der Waals surface area (Å²) in [6, 6.07) is 7.17. The number of carbonyl (C=O) groups excluding carboxylic acids is 1. The highest BCUT2D eigenvalue weighted by atomic mass is 16.5. The molecule has 0 aliphatic carbocycles. The molecule has 0 heterocycles. The number of rotatable bonds is 4. The molecule has 0 spiro atoms. The van der Waals surface area contributed by atoms with Crippen molar-refractivity contribution >= 4 is 17.3 Å². The lowest BCUT2D eigenvalue weighted by Crippen LogP contribution is -2.24. The minimum atomic E-state index is -0.186. The Labute approximate surface area is 89.4 Å². The number of methoxy groups -OCH3 is 1. The summed E-state index contributed by atoms with van der Waals surface area (Å²) in [6.07, 6.45) is 0. The second-order valence-corrected chi connectivity index (χ2v) is 3.43. The fourth-order valence-electron chi connectivity index (χ4n) is 1.19. The Morgan fingerprint density at radius 1 is 1.53 bits per heavy atom. The summed E-state index contributed by atoms with van der Waals surface area (Å²) >= 11 is 0. The van der Waals surface area contributed by atoms with Crippen molar-refractivity contribution < 1.29 is 9.53 Å². The quantitative estimate of drug-likeness (QED) is 0.737. The molecule has 1 rings (SSSR count). The zero-order valence-corrected chi connectivity index (χ0v) is 8.99. The number of nitrogens with two attached hydrogens (primary N) is 1. The van der Waals surface area contributed by atoms with Crippen LogP contribution in [0.3, 0.4) is 0 Å². The van der Waals surface area contributed by atoms with Gasteiger partial charge in [-0.25, -0.2) is 0 Å². The average Bonchev–Trinajstić information content (AvgIpc) is 2.21. The van der Waals surface area contributed by atoms with E-state index in [4.69, 9.17) is 10.5 Å². The molecule has 0 aliphatic heterocycles. The maximum absolute atomic E-state index is 11.6. The van der Waals surface area contributed by atoms with Crippen LogP contribution in [0.15, 0.2) is 24.3 Å².